The van der Waals surface area contributed by atoms with Crippen molar-refractivity contribution in [3.63, 3.8) is 0 Å². The fraction of sp³-hybridized carbons (Fsp3) is 0.333. The van der Waals surface area contributed by atoms with Crippen LogP contribution < -0.4 is 0 Å². The van der Waals surface area contributed by atoms with Crippen LogP contribution >= 0.6 is 0 Å². The monoisotopic (exact) mass is 260 g/mol. The fourth-order valence-electron chi connectivity index (χ4n) is 2.15. The summed E-state index contributed by atoms with van der Waals surface area (Å²) >= 11 is 0. The Morgan fingerprint density at radius 3 is 2.21 bits per heavy atom. The first-order valence-corrected chi connectivity index (χ1v) is 6.26. The van der Waals surface area contributed by atoms with Gasteiger partial charge in [-0.25, -0.2) is 0 Å². The van der Waals surface area contributed by atoms with Crippen LogP contribution in [-0.4, -0.2) is 21.8 Å². The number of rotatable bonds is 3. The third kappa shape index (κ3) is 2.38. The summed E-state index contributed by atoms with van der Waals surface area (Å²) in [6, 6.07) is 2.44. The van der Waals surface area contributed by atoms with Crippen LogP contribution in [0.2, 0.25) is 0 Å². The van der Waals surface area contributed by atoms with E-state index in [4.69, 9.17) is 0 Å². The molecule has 0 atom stereocenters. The maximum absolute atomic E-state index is 12.3. The van der Waals surface area contributed by atoms with E-state index >= 15 is 0 Å². The lowest BCUT2D eigenvalue weighted by atomic mass is 9.85. The highest BCUT2D eigenvalue weighted by atomic mass is 16.3. The zero-order valence-corrected chi connectivity index (χ0v) is 10.9. The molecule has 1 aliphatic rings. The molecule has 0 bridgehead atoms. The number of ketones is 2. The van der Waals surface area contributed by atoms with Gasteiger partial charge in [-0.2, -0.15) is 0 Å². The number of hydrogen-bond acceptors (Lipinski definition) is 4. The molecule has 0 saturated carbocycles. The molecule has 0 unspecified atom stereocenters. The van der Waals surface area contributed by atoms with E-state index in [1.54, 1.807) is 0 Å². The van der Waals surface area contributed by atoms with Crippen LogP contribution in [0, 0.1) is 5.92 Å². The van der Waals surface area contributed by atoms with E-state index in [1.807, 2.05) is 13.8 Å². The molecule has 0 radical (unpaired) electrons. The van der Waals surface area contributed by atoms with Crippen molar-refractivity contribution < 1.29 is 19.8 Å². The van der Waals surface area contributed by atoms with Crippen molar-refractivity contribution >= 4 is 11.6 Å². The summed E-state index contributed by atoms with van der Waals surface area (Å²) in [4.78, 5) is 24.2. The largest absolute Gasteiger partial charge is 0.507 e. The first-order valence-electron chi connectivity index (χ1n) is 6.26. The Bertz CT molecular complexity index is 582. The molecule has 4 heteroatoms. The first kappa shape index (κ1) is 13.3. The highest BCUT2D eigenvalue weighted by Gasteiger charge is 2.30. The average Bonchev–Trinajstić information content (AvgIpc) is 2.34. The Morgan fingerprint density at radius 2 is 1.63 bits per heavy atom. The van der Waals surface area contributed by atoms with Gasteiger partial charge in [0.15, 0.2) is 11.6 Å². The summed E-state index contributed by atoms with van der Waals surface area (Å²) in [5.74, 6) is -0.917. The molecule has 1 aromatic carbocycles. The lowest BCUT2D eigenvalue weighted by Crippen LogP contribution is -2.17. The van der Waals surface area contributed by atoms with E-state index in [9.17, 15) is 19.8 Å². The maximum atomic E-state index is 12.3. The third-order valence-electron chi connectivity index (χ3n) is 3.22. The summed E-state index contributed by atoms with van der Waals surface area (Å²) in [7, 11) is 0. The molecule has 0 fully saturated rings. The van der Waals surface area contributed by atoms with Crippen molar-refractivity contribution in [1.29, 1.82) is 0 Å². The van der Waals surface area contributed by atoms with Gasteiger partial charge in [-0.15, -0.1) is 0 Å². The number of Topliss-reactive ketones (excluding diaryl/α,β-unsaturated/α-hetero) is 1. The van der Waals surface area contributed by atoms with Gasteiger partial charge in [0.25, 0.3) is 0 Å². The minimum absolute atomic E-state index is 0.0775. The van der Waals surface area contributed by atoms with Crippen molar-refractivity contribution in [1.82, 2.24) is 0 Å². The quantitative estimate of drug-likeness (QED) is 0.819. The van der Waals surface area contributed by atoms with E-state index in [0.29, 0.717) is 17.9 Å². The molecule has 0 amide bonds. The normalized spacial score (nSPS) is 14.6. The molecule has 0 saturated heterocycles. The van der Waals surface area contributed by atoms with Crippen LogP contribution in [0.25, 0.3) is 0 Å². The summed E-state index contributed by atoms with van der Waals surface area (Å²) in [6.45, 7) is 4.07. The van der Waals surface area contributed by atoms with Gasteiger partial charge < -0.3 is 10.2 Å². The molecular weight excluding hydrogens is 244 g/mol. The molecular formula is C15H16O4. The second-order valence-electron chi connectivity index (χ2n) is 5.15. The van der Waals surface area contributed by atoms with Crippen LogP contribution in [-0.2, 0) is 0 Å². The van der Waals surface area contributed by atoms with Crippen molar-refractivity contribution in [3.8, 4) is 11.5 Å². The third-order valence-corrected chi connectivity index (χ3v) is 3.22. The van der Waals surface area contributed by atoms with Gasteiger partial charge in [-0.1, -0.05) is 13.8 Å². The summed E-state index contributed by atoms with van der Waals surface area (Å²) in [5, 5.41) is 19.4. The van der Waals surface area contributed by atoms with Gasteiger partial charge in [0.2, 0.25) is 0 Å². The fourth-order valence-corrected chi connectivity index (χ4v) is 2.15. The summed E-state index contributed by atoms with van der Waals surface area (Å²) in [6.07, 6.45) is 2.56. The Morgan fingerprint density at radius 1 is 1.05 bits per heavy atom. The molecule has 0 spiro atoms. The molecule has 0 heterocycles. The number of benzene rings is 1. The van der Waals surface area contributed by atoms with E-state index in [0.717, 1.165) is 6.42 Å². The highest BCUT2D eigenvalue weighted by Crippen LogP contribution is 2.35. The SMILES string of the molecule is CC(C)CCC1=CC(=O)c2c(O)ccc(O)c2C1=O. The molecule has 1 aromatic rings. The molecule has 2 N–H and O–H groups in total. The number of aromatic hydroxyl groups is 2. The summed E-state index contributed by atoms with van der Waals surface area (Å²) < 4.78 is 0. The van der Waals surface area contributed by atoms with Gasteiger partial charge in [-0.3, -0.25) is 9.59 Å². The minimum atomic E-state index is -0.429. The van der Waals surface area contributed by atoms with Gasteiger partial charge in [0.05, 0.1) is 11.1 Å². The lowest BCUT2D eigenvalue weighted by Gasteiger charge is -2.17. The Hall–Kier alpha value is -2.10. The Labute approximate surface area is 111 Å². The molecule has 2 rings (SSSR count). The molecule has 0 aromatic heterocycles. The minimum Gasteiger partial charge on any atom is -0.507 e. The van der Waals surface area contributed by atoms with Gasteiger partial charge in [0.1, 0.15) is 11.5 Å². The Kier molecular flexibility index (Phi) is 3.42. The zero-order valence-electron chi connectivity index (χ0n) is 10.9. The number of hydrogen-bond donors (Lipinski definition) is 2. The molecule has 1 aliphatic carbocycles. The number of fused-ring (bicyclic) bond motifs is 1. The van der Waals surface area contributed by atoms with Crippen molar-refractivity contribution in [2.45, 2.75) is 26.7 Å². The predicted octanol–water partition coefficient (Wildman–Crippen LogP) is 2.84. The maximum Gasteiger partial charge on any atom is 0.193 e. The van der Waals surface area contributed by atoms with Gasteiger partial charge >= 0.3 is 0 Å². The van der Waals surface area contributed by atoms with Gasteiger partial charge in [0, 0.05) is 5.57 Å². The Balaban J connectivity index is 2.44. The smallest absolute Gasteiger partial charge is 0.193 e. The highest BCUT2D eigenvalue weighted by molar-refractivity contribution is 6.26. The van der Waals surface area contributed by atoms with Crippen molar-refractivity contribution in [2.75, 3.05) is 0 Å². The predicted molar refractivity (Wildman–Crippen MR) is 70.6 cm³/mol. The van der Waals surface area contributed by atoms with E-state index in [-0.39, 0.29) is 28.4 Å². The van der Waals surface area contributed by atoms with Crippen molar-refractivity contribution in [2.24, 2.45) is 5.92 Å². The number of carbonyl (C=O) groups excluding carboxylic acids is 2. The molecule has 100 valence electrons. The summed E-state index contributed by atoms with van der Waals surface area (Å²) in [5.41, 5.74) is 0.219. The molecule has 4 nitrogen and oxygen atoms in total. The number of allylic oxidation sites excluding steroid dienone is 2. The number of carbonyl (C=O) groups is 2. The van der Waals surface area contributed by atoms with Crippen LogP contribution in [0.4, 0.5) is 0 Å². The van der Waals surface area contributed by atoms with Crippen molar-refractivity contribution in [3.05, 3.63) is 34.9 Å². The standard InChI is InChI=1S/C15H16O4/c1-8(2)3-4-9-7-12(18)13-10(16)5-6-11(17)14(13)15(9)19/h5-8,16-17H,3-4H2,1-2H3. The average molecular weight is 260 g/mol. The van der Waals surface area contributed by atoms with E-state index < -0.39 is 5.78 Å². The van der Waals surface area contributed by atoms with E-state index in [1.165, 1.54) is 18.2 Å². The van der Waals surface area contributed by atoms with Gasteiger partial charge in [-0.05, 0) is 37.0 Å². The topological polar surface area (TPSA) is 74.6 Å². The van der Waals surface area contributed by atoms with Crippen LogP contribution in [0.1, 0.15) is 47.4 Å². The van der Waals surface area contributed by atoms with Crippen LogP contribution in [0.3, 0.4) is 0 Å². The zero-order chi connectivity index (χ0) is 14.2. The second-order valence-corrected chi connectivity index (χ2v) is 5.15. The molecule has 0 aliphatic heterocycles. The number of phenolic OH excluding ortho intramolecular Hbond substituents is 2. The number of phenols is 2. The second kappa shape index (κ2) is 4.88. The van der Waals surface area contributed by atoms with Crippen LogP contribution in [0.15, 0.2) is 23.8 Å². The van der Waals surface area contributed by atoms with E-state index in [2.05, 4.69) is 0 Å². The van der Waals surface area contributed by atoms with Crippen LogP contribution in [0.5, 0.6) is 11.5 Å². The lowest BCUT2D eigenvalue weighted by molar-refractivity contribution is 0.0976. The first-order chi connectivity index (χ1) is 8.91. The molecule has 19 heavy (non-hydrogen) atoms.